The number of ether oxygens (including phenoxy) is 1. The van der Waals surface area contributed by atoms with Crippen LogP contribution in [-0.2, 0) is 6.54 Å². The molecule has 1 heterocycles. The lowest BCUT2D eigenvalue weighted by atomic mass is 10.2. The third-order valence-corrected chi connectivity index (χ3v) is 3.53. The van der Waals surface area contributed by atoms with E-state index in [-0.39, 0.29) is 0 Å². The number of aromatic nitrogens is 2. The highest BCUT2D eigenvalue weighted by Crippen LogP contribution is 2.32. The molecule has 0 aliphatic heterocycles. The first-order valence-corrected chi connectivity index (χ1v) is 6.74. The third kappa shape index (κ3) is 2.84. The first-order chi connectivity index (χ1) is 9.26. The number of imidazole rings is 1. The minimum Gasteiger partial charge on any atom is -0.497 e. The van der Waals surface area contributed by atoms with Crippen molar-refractivity contribution in [1.82, 2.24) is 9.97 Å². The van der Waals surface area contributed by atoms with E-state index in [0.717, 1.165) is 18.1 Å². The monoisotopic (exact) mass is 277 g/mol. The van der Waals surface area contributed by atoms with E-state index in [1.807, 2.05) is 12.1 Å². The largest absolute Gasteiger partial charge is 0.497 e. The van der Waals surface area contributed by atoms with Gasteiger partial charge in [-0.3, -0.25) is 0 Å². The summed E-state index contributed by atoms with van der Waals surface area (Å²) in [7, 11) is 1.68. The number of benzene rings is 1. The predicted molar refractivity (Wildman–Crippen MR) is 75.8 cm³/mol. The lowest BCUT2D eigenvalue weighted by molar-refractivity contribution is 0.414. The Morgan fingerprint density at radius 2 is 2.11 bits per heavy atom. The van der Waals surface area contributed by atoms with Crippen LogP contribution in [0.5, 0.6) is 5.75 Å². The van der Waals surface area contributed by atoms with E-state index >= 15 is 0 Å². The van der Waals surface area contributed by atoms with Crippen molar-refractivity contribution in [3.8, 4) is 5.75 Å². The second-order valence-corrected chi connectivity index (χ2v) is 5.12. The van der Waals surface area contributed by atoms with Gasteiger partial charge >= 0.3 is 0 Å². The maximum absolute atomic E-state index is 5.86. The van der Waals surface area contributed by atoms with Gasteiger partial charge in [-0.1, -0.05) is 12.1 Å². The summed E-state index contributed by atoms with van der Waals surface area (Å²) in [5.41, 5.74) is 1.25. The Hall–Kier alpha value is -1.68. The molecule has 3 rings (SSSR count). The van der Waals surface area contributed by atoms with E-state index < -0.39 is 0 Å². The van der Waals surface area contributed by atoms with Gasteiger partial charge in [0.15, 0.2) is 0 Å². The fourth-order valence-electron chi connectivity index (χ4n) is 2.16. The summed E-state index contributed by atoms with van der Waals surface area (Å²) in [6, 6.07) is 8.75. The minimum atomic E-state index is 0.440. The van der Waals surface area contributed by atoms with Gasteiger partial charge in [0, 0.05) is 12.6 Å². The molecule has 0 bridgehead atoms. The normalized spacial score (nSPS) is 14.4. The van der Waals surface area contributed by atoms with Gasteiger partial charge < -0.3 is 14.6 Å². The van der Waals surface area contributed by atoms with E-state index in [0.29, 0.717) is 11.3 Å². The van der Waals surface area contributed by atoms with Crippen molar-refractivity contribution in [2.45, 2.75) is 25.4 Å². The molecule has 1 aliphatic rings. The maximum Gasteiger partial charge on any atom is 0.201 e. The predicted octanol–water partition coefficient (Wildman–Crippen LogP) is 3.24. The van der Waals surface area contributed by atoms with E-state index in [9.17, 15) is 0 Å². The van der Waals surface area contributed by atoms with Crippen LogP contribution < -0.4 is 9.64 Å². The molecule has 0 amide bonds. The minimum absolute atomic E-state index is 0.440. The molecule has 1 fully saturated rings. The summed E-state index contributed by atoms with van der Waals surface area (Å²) >= 11 is 5.86. The quantitative estimate of drug-likeness (QED) is 0.912. The van der Waals surface area contributed by atoms with Crippen molar-refractivity contribution < 1.29 is 4.74 Å². The molecular weight excluding hydrogens is 262 g/mol. The molecule has 1 saturated carbocycles. The van der Waals surface area contributed by atoms with Crippen molar-refractivity contribution in [1.29, 1.82) is 0 Å². The molecule has 100 valence electrons. The highest BCUT2D eigenvalue weighted by atomic mass is 35.5. The summed E-state index contributed by atoms with van der Waals surface area (Å²) in [4.78, 5) is 9.48. The zero-order valence-corrected chi connectivity index (χ0v) is 11.5. The summed E-state index contributed by atoms with van der Waals surface area (Å²) in [6.07, 6.45) is 4.25. The third-order valence-electron chi connectivity index (χ3n) is 3.34. The number of hydrogen-bond acceptors (Lipinski definition) is 3. The van der Waals surface area contributed by atoms with Gasteiger partial charge in [0.05, 0.1) is 13.3 Å². The number of H-pyrrole nitrogens is 1. The first kappa shape index (κ1) is 12.4. The molecule has 0 spiro atoms. The lowest BCUT2D eigenvalue weighted by Crippen LogP contribution is -2.25. The number of anilines is 1. The van der Waals surface area contributed by atoms with Crippen LogP contribution in [0.25, 0.3) is 0 Å². The summed E-state index contributed by atoms with van der Waals surface area (Å²) in [6.45, 7) is 0.854. The molecule has 19 heavy (non-hydrogen) atoms. The molecule has 0 atom stereocenters. The van der Waals surface area contributed by atoms with Crippen LogP contribution in [0.3, 0.4) is 0 Å². The molecule has 0 radical (unpaired) electrons. The molecule has 1 N–H and O–H groups in total. The summed E-state index contributed by atoms with van der Waals surface area (Å²) in [5, 5.41) is 0.440. The second-order valence-electron chi connectivity index (χ2n) is 4.77. The number of nitrogens with zero attached hydrogens (tertiary/aromatic N) is 2. The number of halogens is 1. The van der Waals surface area contributed by atoms with Crippen molar-refractivity contribution in [3.63, 3.8) is 0 Å². The van der Waals surface area contributed by atoms with Crippen molar-refractivity contribution in [2.24, 2.45) is 0 Å². The Balaban J connectivity index is 1.77. The number of methoxy groups -OCH3 is 1. The molecule has 2 aromatic rings. The molecule has 5 heteroatoms. The highest BCUT2D eigenvalue weighted by molar-refractivity contribution is 6.28. The number of aromatic amines is 1. The Kier molecular flexibility index (Phi) is 3.34. The second kappa shape index (κ2) is 5.13. The number of nitrogens with one attached hydrogen (secondary N) is 1. The summed E-state index contributed by atoms with van der Waals surface area (Å²) in [5.74, 6) is 1.87. The van der Waals surface area contributed by atoms with Crippen LogP contribution in [0.15, 0.2) is 30.5 Å². The van der Waals surface area contributed by atoms with Gasteiger partial charge in [-0.25, -0.2) is 4.98 Å². The van der Waals surface area contributed by atoms with Crippen LogP contribution >= 0.6 is 11.6 Å². The number of hydrogen-bond donors (Lipinski definition) is 1. The average Bonchev–Trinajstić information content (AvgIpc) is 3.19. The molecule has 1 aromatic carbocycles. The van der Waals surface area contributed by atoms with Crippen LogP contribution in [-0.4, -0.2) is 23.1 Å². The smallest absolute Gasteiger partial charge is 0.201 e. The zero-order chi connectivity index (χ0) is 13.2. The maximum atomic E-state index is 5.86. The van der Waals surface area contributed by atoms with Crippen LogP contribution in [0, 0.1) is 0 Å². The molecule has 0 unspecified atom stereocenters. The van der Waals surface area contributed by atoms with Crippen LogP contribution in [0.1, 0.15) is 18.4 Å². The van der Waals surface area contributed by atoms with Gasteiger partial charge in [0.1, 0.15) is 11.6 Å². The van der Waals surface area contributed by atoms with Gasteiger partial charge in [-0.2, -0.15) is 0 Å². The first-order valence-electron chi connectivity index (χ1n) is 6.36. The summed E-state index contributed by atoms with van der Waals surface area (Å²) < 4.78 is 5.17. The van der Waals surface area contributed by atoms with E-state index in [2.05, 4.69) is 27.0 Å². The lowest BCUT2D eigenvalue weighted by Gasteiger charge is -2.22. The number of rotatable bonds is 5. The fraction of sp³-hybridized carbons (Fsp3) is 0.357. The molecule has 1 aromatic heterocycles. The van der Waals surface area contributed by atoms with Crippen molar-refractivity contribution >= 4 is 17.4 Å². The van der Waals surface area contributed by atoms with E-state index in [1.54, 1.807) is 13.3 Å². The van der Waals surface area contributed by atoms with Crippen molar-refractivity contribution in [2.75, 3.05) is 12.0 Å². The van der Waals surface area contributed by atoms with Crippen LogP contribution in [0.2, 0.25) is 5.28 Å². The van der Waals surface area contributed by atoms with Gasteiger partial charge in [-0.15, -0.1) is 0 Å². The molecule has 4 nitrogen and oxygen atoms in total. The fourth-order valence-corrected chi connectivity index (χ4v) is 2.30. The Morgan fingerprint density at radius 3 is 2.63 bits per heavy atom. The highest BCUT2D eigenvalue weighted by Gasteiger charge is 2.30. The van der Waals surface area contributed by atoms with E-state index in [1.165, 1.54) is 18.4 Å². The van der Waals surface area contributed by atoms with Gasteiger partial charge in [-0.05, 0) is 42.1 Å². The average molecular weight is 278 g/mol. The van der Waals surface area contributed by atoms with Crippen molar-refractivity contribution in [3.05, 3.63) is 41.3 Å². The van der Waals surface area contributed by atoms with Gasteiger partial charge in [0.2, 0.25) is 5.28 Å². The topological polar surface area (TPSA) is 41.1 Å². The van der Waals surface area contributed by atoms with Crippen LogP contribution in [0.4, 0.5) is 5.82 Å². The standard InChI is InChI=1S/C14H16ClN3O/c1-19-12-6-2-10(3-7-12)9-18(11-4-5-11)13-8-16-14(15)17-13/h2-3,6-8,11H,4-5,9H2,1H3,(H,16,17). The molecule has 0 saturated heterocycles. The zero-order valence-electron chi connectivity index (χ0n) is 10.8. The Morgan fingerprint density at radius 1 is 1.37 bits per heavy atom. The molecular formula is C14H16ClN3O. The Labute approximate surface area is 117 Å². The SMILES string of the molecule is COc1ccc(CN(c2cnc(Cl)[nH]2)C2CC2)cc1. The van der Waals surface area contributed by atoms with Gasteiger partial charge in [0.25, 0.3) is 0 Å². The van der Waals surface area contributed by atoms with E-state index in [4.69, 9.17) is 16.3 Å². The molecule has 1 aliphatic carbocycles. The Bertz CT molecular complexity index is 548.